The molecule has 4 nitrogen and oxygen atoms in total. The van der Waals surface area contributed by atoms with Crippen molar-refractivity contribution in [2.45, 2.75) is 33.1 Å². The lowest BCUT2D eigenvalue weighted by molar-refractivity contribution is -0.120. The minimum absolute atomic E-state index is 0.0125. The minimum Gasteiger partial charge on any atom is -0.396 e. The fraction of sp³-hybridized carbons (Fsp3) is 0.471. The highest BCUT2D eigenvalue weighted by Crippen LogP contribution is 2.21. The van der Waals surface area contributed by atoms with E-state index in [9.17, 15) is 4.79 Å². The molecule has 0 unspecified atom stereocenters. The number of nitrogens with one attached hydrogen (secondary N) is 2. The Balaban J connectivity index is 1.90. The number of hydrogen-bond acceptors (Lipinski definition) is 2. The first-order valence-electron chi connectivity index (χ1n) is 7.44. The van der Waals surface area contributed by atoms with Crippen LogP contribution >= 0.6 is 0 Å². The Hall–Kier alpha value is -1.81. The van der Waals surface area contributed by atoms with Gasteiger partial charge in [0.25, 0.3) is 0 Å². The number of aliphatic hydroxyl groups excluding tert-OH is 1. The van der Waals surface area contributed by atoms with Crippen LogP contribution in [0.2, 0.25) is 0 Å². The van der Waals surface area contributed by atoms with Gasteiger partial charge in [0.2, 0.25) is 5.91 Å². The maximum absolute atomic E-state index is 12.1. The van der Waals surface area contributed by atoms with Crippen LogP contribution in [0.15, 0.2) is 30.5 Å². The van der Waals surface area contributed by atoms with Crippen LogP contribution in [-0.2, 0) is 11.2 Å². The highest BCUT2D eigenvalue weighted by atomic mass is 16.2. The first-order chi connectivity index (χ1) is 10.0. The molecule has 0 saturated heterocycles. The van der Waals surface area contributed by atoms with E-state index in [2.05, 4.69) is 24.1 Å². The molecule has 0 bridgehead atoms. The number of hydrogen-bond donors (Lipinski definition) is 3. The Morgan fingerprint density at radius 2 is 2.10 bits per heavy atom. The second-order valence-corrected chi connectivity index (χ2v) is 6.30. The zero-order chi connectivity index (χ0) is 15.3. The standard InChI is InChI=1S/C17H24N2O2/c1-17(2,8-5-9-20)12-19-16(21)10-13-11-18-15-7-4-3-6-14(13)15/h3-4,6-7,11,18,20H,5,8-10,12H2,1-2H3,(H,19,21). The number of aliphatic hydroxyl groups is 1. The lowest BCUT2D eigenvalue weighted by atomic mass is 9.88. The van der Waals surface area contributed by atoms with Crippen molar-refractivity contribution < 1.29 is 9.90 Å². The second-order valence-electron chi connectivity index (χ2n) is 6.30. The van der Waals surface area contributed by atoms with Crippen LogP contribution in [0, 0.1) is 5.41 Å². The summed E-state index contributed by atoms with van der Waals surface area (Å²) in [5.41, 5.74) is 2.10. The molecule has 4 heteroatoms. The van der Waals surface area contributed by atoms with Gasteiger partial charge in [0.05, 0.1) is 6.42 Å². The van der Waals surface area contributed by atoms with Crippen molar-refractivity contribution in [3.8, 4) is 0 Å². The molecule has 114 valence electrons. The van der Waals surface area contributed by atoms with E-state index in [0.29, 0.717) is 13.0 Å². The first-order valence-corrected chi connectivity index (χ1v) is 7.44. The smallest absolute Gasteiger partial charge is 0.224 e. The summed E-state index contributed by atoms with van der Waals surface area (Å²) in [4.78, 5) is 15.3. The van der Waals surface area contributed by atoms with Crippen LogP contribution in [0.4, 0.5) is 0 Å². The topological polar surface area (TPSA) is 65.1 Å². The van der Waals surface area contributed by atoms with Gasteiger partial charge in [-0.05, 0) is 29.9 Å². The minimum atomic E-state index is 0.0125. The molecular weight excluding hydrogens is 264 g/mol. The molecule has 0 saturated carbocycles. The van der Waals surface area contributed by atoms with E-state index in [0.717, 1.165) is 29.3 Å². The first kappa shape index (κ1) is 15.6. The third kappa shape index (κ3) is 4.33. The molecule has 3 N–H and O–H groups in total. The van der Waals surface area contributed by atoms with Gasteiger partial charge in [-0.15, -0.1) is 0 Å². The molecule has 1 amide bonds. The summed E-state index contributed by atoms with van der Waals surface area (Å²) in [6, 6.07) is 8.00. The largest absolute Gasteiger partial charge is 0.396 e. The Kier molecular flexibility index (Phi) is 5.02. The van der Waals surface area contributed by atoms with E-state index in [4.69, 9.17) is 5.11 Å². The zero-order valence-electron chi connectivity index (χ0n) is 12.8. The van der Waals surface area contributed by atoms with E-state index < -0.39 is 0 Å². The Bertz CT molecular complexity index is 602. The molecule has 0 aliphatic heterocycles. The summed E-state index contributed by atoms with van der Waals surface area (Å²) in [5.74, 6) is 0.0387. The van der Waals surface area contributed by atoms with Crippen LogP contribution < -0.4 is 5.32 Å². The van der Waals surface area contributed by atoms with E-state index in [1.54, 1.807) is 0 Å². The SMILES string of the molecule is CC(C)(CCCO)CNC(=O)Cc1c[nH]c2ccccc12. The van der Waals surface area contributed by atoms with Crippen LogP contribution in [0.1, 0.15) is 32.3 Å². The van der Waals surface area contributed by atoms with Gasteiger partial charge in [0.1, 0.15) is 0 Å². The number of amides is 1. The Morgan fingerprint density at radius 1 is 1.33 bits per heavy atom. The Morgan fingerprint density at radius 3 is 2.86 bits per heavy atom. The summed E-state index contributed by atoms with van der Waals surface area (Å²) in [6.45, 7) is 5.05. The number of para-hydroxylation sites is 1. The van der Waals surface area contributed by atoms with Gasteiger partial charge in [-0.2, -0.15) is 0 Å². The predicted molar refractivity (Wildman–Crippen MR) is 85.1 cm³/mol. The van der Waals surface area contributed by atoms with E-state index >= 15 is 0 Å². The normalized spacial score (nSPS) is 11.8. The third-order valence-electron chi connectivity index (χ3n) is 3.80. The van der Waals surface area contributed by atoms with Crippen molar-refractivity contribution in [1.29, 1.82) is 0 Å². The van der Waals surface area contributed by atoms with Crippen molar-refractivity contribution in [1.82, 2.24) is 10.3 Å². The molecule has 1 heterocycles. The van der Waals surface area contributed by atoms with Gasteiger partial charge in [0, 0.05) is 30.3 Å². The van der Waals surface area contributed by atoms with Crippen LogP contribution in [0.3, 0.4) is 0 Å². The average molecular weight is 288 g/mol. The summed E-state index contributed by atoms with van der Waals surface area (Å²) in [5, 5.41) is 13.0. The fourth-order valence-electron chi connectivity index (χ4n) is 2.50. The molecule has 0 spiro atoms. The molecule has 0 radical (unpaired) electrons. The van der Waals surface area contributed by atoms with Crippen molar-refractivity contribution in [2.75, 3.05) is 13.2 Å². The maximum atomic E-state index is 12.1. The van der Waals surface area contributed by atoms with Crippen LogP contribution in [0.5, 0.6) is 0 Å². The highest BCUT2D eigenvalue weighted by Gasteiger charge is 2.18. The quantitative estimate of drug-likeness (QED) is 0.733. The molecule has 21 heavy (non-hydrogen) atoms. The zero-order valence-corrected chi connectivity index (χ0v) is 12.8. The molecule has 0 fully saturated rings. The maximum Gasteiger partial charge on any atom is 0.224 e. The van der Waals surface area contributed by atoms with E-state index in [-0.39, 0.29) is 17.9 Å². The molecule has 1 aromatic heterocycles. The monoisotopic (exact) mass is 288 g/mol. The van der Waals surface area contributed by atoms with Crippen LogP contribution in [-0.4, -0.2) is 29.1 Å². The molecule has 2 aromatic rings. The molecule has 1 aromatic carbocycles. The second kappa shape index (κ2) is 6.76. The van der Waals surface area contributed by atoms with Gasteiger partial charge in [-0.1, -0.05) is 32.0 Å². The molecular formula is C17H24N2O2. The Labute approximate surface area is 125 Å². The molecule has 0 atom stereocenters. The van der Waals surface area contributed by atoms with Crippen molar-refractivity contribution in [3.05, 3.63) is 36.0 Å². The summed E-state index contributed by atoms with van der Waals surface area (Å²) < 4.78 is 0. The number of aromatic amines is 1. The lowest BCUT2D eigenvalue weighted by Gasteiger charge is -2.24. The summed E-state index contributed by atoms with van der Waals surface area (Å²) >= 11 is 0. The van der Waals surface area contributed by atoms with Gasteiger partial charge >= 0.3 is 0 Å². The van der Waals surface area contributed by atoms with Gasteiger partial charge < -0.3 is 15.4 Å². The number of fused-ring (bicyclic) bond motifs is 1. The third-order valence-corrected chi connectivity index (χ3v) is 3.80. The van der Waals surface area contributed by atoms with E-state index in [1.807, 2.05) is 30.5 Å². The van der Waals surface area contributed by atoms with Gasteiger partial charge in [-0.25, -0.2) is 0 Å². The summed E-state index contributed by atoms with van der Waals surface area (Å²) in [7, 11) is 0. The number of carbonyl (C=O) groups excluding carboxylic acids is 1. The molecule has 0 aliphatic rings. The van der Waals surface area contributed by atoms with Gasteiger partial charge in [0.15, 0.2) is 0 Å². The highest BCUT2D eigenvalue weighted by molar-refractivity contribution is 5.88. The van der Waals surface area contributed by atoms with Crippen molar-refractivity contribution >= 4 is 16.8 Å². The lowest BCUT2D eigenvalue weighted by Crippen LogP contribution is -2.35. The van der Waals surface area contributed by atoms with Crippen LogP contribution in [0.25, 0.3) is 10.9 Å². The molecule has 0 aliphatic carbocycles. The number of benzene rings is 1. The van der Waals surface area contributed by atoms with Crippen molar-refractivity contribution in [3.63, 3.8) is 0 Å². The number of rotatable bonds is 7. The number of aromatic nitrogens is 1. The van der Waals surface area contributed by atoms with Crippen molar-refractivity contribution in [2.24, 2.45) is 5.41 Å². The summed E-state index contributed by atoms with van der Waals surface area (Å²) in [6.07, 6.45) is 3.96. The van der Waals surface area contributed by atoms with Gasteiger partial charge in [-0.3, -0.25) is 4.79 Å². The average Bonchev–Trinajstić information content (AvgIpc) is 2.87. The number of H-pyrrole nitrogens is 1. The number of carbonyl (C=O) groups is 1. The van der Waals surface area contributed by atoms with E-state index in [1.165, 1.54) is 0 Å². The predicted octanol–water partition coefficient (Wildman–Crippen LogP) is 2.63. The molecule has 2 rings (SSSR count). The fourth-order valence-corrected chi connectivity index (χ4v) is 2.50.